The van der Waals surface area contributed by atoms with Gasteiger partial charge >= 0.3 is 0 Å². The molecule has 0 saturated carbocycles. The molecule has 1 unspecified atom stereocenters. The Hall–Kier alpha value is -1.89. The van der Waals surface area contributed by atoms with E-state index in [9.17, 15) is 0 Å². The second-order valence-corrected chi connectivity index (χ2v) is 6.62. The molecular weight excluding hydrogens is 304 g/mol. The Balaban J connectivity index is 1.49. The molecule has 2 aliphatic heterocycles. The predicted molar refractivity (Wildman–Crippen MR) is 92.0 cm³/mol. The van der Waals surface area contributed by atoms with Crippen molar-refractivity contribution >= 4 is 5.69 Å². The van der Waals surface area contributed by atoms with Crippen LogP contribution in [0, 0.1) is 0 Å². The van der Waals surface area contributed by atoms with E-state index in [0.717, 1.165) is 51.6 Å². The molecule has 0 bridgehead atoms. The Kier molecular flexibility index (Phi) is 4.51. The summed E-state index contributed by atoms with van der Waals surface area (Å²) in [5, 5.41) is 0. The van der Waals surface area contributed by atoms with Gasteiger partial charge in [-0.3, -0.25) is 9.88 Å². The van der Waals surface area contributed by atoms with Crippen LogP contribution in [0.4, 0.5) is 5.69 Å². The summed E-state index contributed by atoms with van der Waals surface area (Å²) in [4.78, 5) is 12.3. The third-order valence-corrected chi connectivity index (χ3v) is 4.74. The lowest BCUT2D eigenvalue weighted by Crippen LogP contribution is -2.58. The lowest BCUT2D eigenvalue weighted by atomic mass is 10.0. The van der Waals surface area contributed by atoms with Crippen LogP contribution in [0.15, 0.2) is 42.9 Å². The van der Waals surface area contributed by atoms with E-state index in [-0.39, 0.29) is 5.60 Å². The van der Waals surface area contributed by atoms with Crippen molar-refractivity contribution in [1.29, 1.82) is 0 Å². The minimum atomic E-state index is -0.281. The number of ether oxygens (including phenoxy) is 2. The van der Waals surface area contributed by atoms with Crippen molar-refractivity contribution in [3.63, 3.8) is 0 Å². The van der Waals surface area contributed by atoms with Crippen molar-refractivity contribution in [2.45, 2.75) is 12.1 Å². The molecule has 0 amide bonds. The van der Waals surface area contributed by atoms with E-state index in [1.54, 1.807) is 0 Å². The number of H-pyrrole nitrogens is 1. The van der Waals surface area contributed by atoms with Crippen molar-refractivity contribution in [3.05, 3.63) is 48.5 Å². The van der Waals surface area contributed by atoms with Crippen molar-refractivity contribution in [1.82, 2.24) is 14.9 Å². The van der Waals surface area contributed by atoms with Crippen LogP contribution < -0.4 is 4.90 Å². The molecule has 0 aromatic carbocycles. The fourth-order valence-corrected chi connectivity index (χ4v) is 3.61. The first kappa shape index (κ1) is 15.6. The maximum absolute atomic E-state index is 6.25. The van der Waals surface area contributed by atoms with Gasteiger partial charge in [0.25, 0.3) is 0 Å². The molecule has 128 valence electrons. The molecule has 1 N–H and O–H groups in total. The second-order valence-electron chi connectivity index (χ2n) is 6.62. The average molecular weight is 328 g/mol. The third kappa shape index (κ3) is 3.45. The van der Waals surface area contributed by atoms with Crippen LogP contribution in [-0.4, -0.2) is 66.5 Å². The van der Waals surface area contributed by atoms with Gasteiger partial charge in [0, 0.05) is 44.3 Å². The average Bonchev–Trinajstić information content (AvgIpc) is 3.03. The highest BCUT2D eigenvalue weighted by atomic mass is 16.5. The van der Waals surface area contributed by atoms with Crippen LogP contribution in [0.5, 0.6) is 0 Å². The zero-order chi connectivity index (χ0) is 16.2. The number of hydrogen-bond donors (Lipinski definition) is 1. The van der Waals surface area contributed by atoms with Gasteiger partial charge in [-0.15, -0.1) is 0 Å². The molecule has 4 rings (SSSR count). The summed E-state index contributed by atoms with van der Waals surface area (Å²) in [5.74, 6) is 0. The number of aromatic nitrogens is 2. The molecule has 0 radical (unpaired) electrons. The predicted octanol–water partition coefficient (Wildman–Crippen LogP) is 1.52. The maximum atomic E-state index is 6.25. The summed E-state index contributed by atoms with van der Waals surface area (Å²) in [6.45, 7) is 6.56. The lowest BCUT2D eigenvalue weighted by Gasteiger charge is -2.43. The van der Waals surface area contributed by atoms with Crippen LogP contribution >= 0.6 is 0 Å². The molecule has 2 saturated heterocycles. The van der Waals surface area contributed by atoms with Crippen LogP contribution in [0.2, 0.25) is 0 Å². The number of pyridine rings is 1. The van der Waals surface area contributed by atoms with E-state index < -0.39 is 0 Å². The first-order valence-corrected chi connectivity index (χ1v) is 8.54. The van der Waals surface area contributed by atoms with Crippen molar-refractivity contribution in [2.75, 3.05) is 50.9 Å². The zero-order valence-electron chi connectivity index (χ0n) is 13.9. The Morgan fingerprint density at radius 1 is 1.17 bits per heavy atom. The highest BCUT2D eigenvalue weighted by Crippen LogP contribution is 2.26. The van der Waals surface area contributed by atoms with Crippen LogP contribution in [0.25, 0.3) is 0 Å². The van der Waals surface area contributed by atoms with Gasteiger partial charge in [0.05, 0.1) is 38.2 Å². The molecule has 6 heteroatoms. The van der Waals surface area contributed by atoms with Crippen LogP contribution in [0.1, 0.15) is 5.69 Å². The summed E-state index contributed by atoms with van der Waals surface area (Å²) in [7, 11) is 0. The fraction of sp³-hybridized carbons (Fsp3) is 0.500. The summed E-state index contributed by atoms with van der Waals surface area (Å²) in [5.41, 5.74) is 2.09. The van der Waals surface area contributed by atoms with E-state index in [1.807, 2.05) is 30.7 Å². The number of hydrogen-bond acceptors (Lipinski definition) is 5. The van der Waals surface area contributed by atoms with E-state index in [0.29, 0.717) is 6.61 Å². The van der Waals surface area contributed by atoms with E-state index in [2.05, 4.69) is 31.9 Å². The standard InChI is InChI=1S/C18H24N4O2/c1-3-16(20-6-1)12-21-7-10-24-18(13-21)14-22(8-9-23-15-18)17-4-2-5-19-11-17/h1-6,11,20H,7-10,12-15H2. The number of rotatable bonds is 3. The molecule has 1 spiro atoms. The number of nitrogens with zero attached hydrogens (tertiary/aromatic N) is 3. The smallest absolute Gasteiger partial charge is 0.121 e. The SMILES string of the molecule is c1cncc(N2CCOCC3(CN(Cc4ccc[nH]4)CCO3)C2)c1. The molecule has 1 atom stereocenters. The summed E-state index contributed by atoms with van der Waals surface area (Å²) in [6, 6.07) is 8.26. The number of anilines is 1. The zero-order valence-corrected chi connectivity index (χ0v) is 13.9. The molecule has 2 aromatic heterocycles. The van der Waals surface area contributed by atoms with Gasteiger partial charge < -0.3 is 19.4 Å². The molecule has 6 nitrogen and oxygen atoms in total. The van der Waals surface area contributed by atoms with Gasteiger partial charge in [-0.1, -0.05) is 0 Å². The highest BCUT2D eigenvalue weighted by Gasteiger charge is 2.40. The number of morpholine rings is 1. The van der Waals surface area contributed by atoms with Crippen LogP contribution in [-0.2, 0) is 16.0 Å². The largest absolute Gasteiger partial charge is 0.376 e. The van der Waals surface area contributed by atoms with Gasteiger partial charge in [0.1, 0.15) is 5.60 Å². The minimum Gasteiger partial charge on any atom is -0.376 e. The first-order chi connectivity index (χ1) is 11.8. The fourth-order valence-electron chi connectivity index (χ4n) is 3.61. The summed E-state index contributed by atoms with van der Waals surface area (Å²) in [6.07, 6.45) is 5.70. The third-order valence-electron chi connectivity index (χ3n) is 4.74. The molecule has 2 fully saturated rings. The normalized spacial score (nSPS) is 25.8. The maximum Gasteiger partial charge on any atom is 0.121 e. The second kappa shape index (κ2) is 6.93. The number of aromatic amines is 1. The summed E-state index contributed by atoms with van der Waals surface area (Å²) < 4.78 is 12.2. The monoisotopic (exact) mass is 328 g/mol. The van der Waals surface area contributed by atoms with E-state index in [4.69, 9.17) is 9.47 Å². The molecule has 4 heterocycles. The van der Waals surface area contributed by atoms with Gasteiger partial charge in [0.15, 0.2) is 0 Å². The molecular formula is C18H24N4O2. The van der Waals surface area contributed by atoms with E-state index >= 15 is 0 Å². The minimum absolute atomic E-state index is 0.281. The number of nitrogens with one attached hydrogen (secondary N) is 1. The van der Waals surface area contributed by atoms with Crippen molar-refractivity contribution in [2.24, 2.45) is 0 Å². The molecule has 0 aliphatic carbocycles. The quantitative estimate of drug-likeness (QED) is 0.926. The van der Waals surface area contributed by atoms with Gasteiger partial charge in [0.2, 0.25) is 0 Å². The first-order valence-electron chi connectivity index (χ1n) is 8.54. The van der Waals surface area contributed by atoms with Crippen molar-refractivity contribution < 1.29 is 9.47 Å². The molecule has 2 aromatic rings. The Labute approximate surface area is 142 Å². The topological polar surface area (TPSA) is 53.6 Å². The van der Waals surface area contributed by atoms with Gasteiger partial charge in [-0.2, -0.15) is 0 Å². The lowest BCUT2D eigenvalue weighted by molar-refractivity contribution is -0.134. The Morgan fingerprint density at radius 3 is 3.00 bits per heavy atom. The van der Waals surface area contributed by atoms with Crippen molar-refractivity contribution in [3.8, 4) is 0 Å². The molecule has 24 heavy (non-hydrogen) atoms. The van der Waals surface area contributed by atoms with Crippen LogP contribution in [0.3, 0.4) is 0 Å². The summed E-state index contributed by atoms with van der Waals surface area (Å²) >= 11 is 0. The van der Waals surface area contributed by atoms with Gasteiger partial charge in [-0.05, 0) is 24.3 Å². The Bertz CT molecular complexity index is 634. The highest BCUT2D eigenvalue weighted by molar-refractivity contribution is 5.44. The molecule has 2 aliphatic rings. The van der Waals surface area contributed by atoms with Gasteiger partial charge in [-0.25, -0.2) is 0 Å². The van der Waals surface area contributed by atoms with E-state index in [1.165, 1.54) is 5.69 Å². The Morgan fingerprint density at radius 2 is 2.17 bits per heavy atom.